The van der Waals surface area contributed by atoms with E-state index in [2.05, 4.69) is 36.3 Å². The number of anilines is 1. The number of benzene rings is 2. The van der Waals surface area contributed by atoms with E-state index in [1.807, 2.05) is 24.3 Å². The van der Waals surface area contributed by atoms with Gasteiger partial charge < -0.3 is 14.5 Å². The molecule has 1 heterocycles. The smallest absolute Gasteiger partial charge is 0.277 e. The molecule has 2 atom stereocenters. The normalized spacial score (nSPS) is 13.5. The first-order valence-electron chi connectivity index (χ1n) is 9.96. The highest BCUT2D eigenvalue weighted by molar-refractivity contribution is 8.00. The summed E-state index contributed by atoms with van der Waals surface area (Å²) in [5.41, 5.74) is 1.97. The second-order valence-electron chi connectivity index (χ2n) is 8.17. The molecule has 0 saturated heterocycles. The van der Waals surface area contributed by atoms with Crippen LogP contribution in [0.25, 0.3) is 0 Å². The highest BCUT2D eigenvalue weighted by Crippen LogP contribution is 2.28. The van der Waals surface area contributed by atoms with Gasteiger partial charge in [-0.1, -0.05) is 56.8 Å². The maximum atomic E-state index is 13.8. The van der Waals surface area contributed by atoms with E-state index < -0.39 is 17.2 Å². The molecule has 0 aliphatic carbocycles. The number of ether oxygens (including phenoxy) is 1. The van der Waals surface area contributed by atoms with E-state index in [-0.39, 0.29) is 28.2 Å². The summed E-state index contributed by atoms with van der Waals surface area (Å²) in [6.45, 7) is 9.86. The monoisotopic (exact) mass is 443 g/mol. The summed E-state index contributed by atoms with van der Waals surface area (Å²) in [6, 6.07) is 13.9. The van der Waals surface area contributed by atoms with Crippen molar-refractivity contribution in [2.75, 3.05) is 5.32 Å². The van der Waals surface area contributed by atoms with Gasteiger partial charge in [0.1, 0.15) is 0 Å². The van der Waals surface area contributed by atoms with Crippen LogP contribution in [0, 0.1) is 5.82 Å². The fourth-order valence-electron chi connectivity index (χ4n) is 2.72. The molecule has 2 aromatic carbocycles. The Morgan fingerprint density at radius 2 is 1.77 bits per heavy atom. The molecule has 3 aromatic rings. The predicted molar refractivity (Wildman–Crippen MR) is 119 cm³/mol. The third-order valence-electron chi connectivity index (χ3n) is 4.58. The first-order valence-corrected chi connectivity index (χ1v) is 10.8. The Morgan fingerprint density at radius 1 is 1.10 bits per heavy atom. The molecular formula is C23H26FN3O3S. The molecule has 6 nitrogen and oxygen atoms in total. The van der Waals surface area contributed by atoms with Gasteiger partial charge >= 0.3 is 0 Å². The van der Waals surface area contributed by atoms with Crippen LogP contribution in [0.4, 0.5) is 10.1 Å². The van der Waals surface area contributed by atoms with Crippen LogP contribution in [0.3, 0.4) is 0 Å². The topological polar surface area (TPSA) is 77.2 Å². The molecule has 0 fully saturated rings. The first kappa shape index (κ1) is 22.8. The van der Waals surface area contributed by atoms with Crippen LogP contribution in [-0.2, 0) is 10.2 Å². The second kappa shape index (κ2) is 9.51. The van der Waals surface area contributed by atoms with E-state index in [1.54, 1.807) is 26.0 Å². The van der Waals surface area contributed by atoms with E-state index in [1.165, 1.54) is 17.7 Å². The summed E-state index contributed by atoms with van der Waals surface area (Å²) in [5.74, 6) is -0.336. The Labute approximate surface area is 185 Å². The molecule has 0 radical (unpaired) electrons. The number of nitrogens with zero attached hydrogens (tertiary/aromatic N) is 2. The minimum absolute atomic E-state index is 0.0501. The van der Waals surface area contributed by atoms with Crippen molar-refractivity contribution < 1.29 is 18.3 Å². The first-order chi connectivity index (χ1) is 14.6. The maximum Gasteiger partial charge on any atom is 0.277 e. The lowest BCUT2D eigenvalue weighted by Gasteiger charge is -2.19. The zero-order chi connectivity index (χ0) is 22.6. The van der Waals surface area contributed by atoms with Gasteiger partial charge in [0.2, 0.25) is 5.91 Å². The zero-order valence-corrected chi connectivity index (χ0v) is 19.0. The van der Waals surface area contributed by atoms with Crippen molar-refractivity contribution in [2.45, 2.75) is 56.6 Å². The molecule has 1 N–H and O–H groups in total. The van der Waals surface area contributed by atoms with Gasteiger partial charge in [-0.25, -0.2) is 4.39 Å². The van der Waals surface area contributed by atoms with Crippen molar-refractivity contribution in [3.8, 4) is 5.75 Å². The summed E-state index contributed by atoms with van der Waals surface area (Å²) in [6.07, 6.45) is -0.635. The summed E-state index contributed by atoms with van der Waals surface area (Å²) in [7, 11) is 0. The Kier molecular flexibility index (Phi) is 7.00. The average molecular weight is 444 g/mol. The third kappa shape index (κ3) is 6.07. The summed E-state index contributed by atoms with van der Waals surface area (Å²) < 4.78 is 24.9. The van der Waals surface area contributed by atoms with Crippen LogP contribution in [-0.4, -0.2) is 21.4 Å². The van der Waals surface area contributed by atoms with Crippen LogP contribution < -0.4 is 10.1 Å². The van der Waals surface area contributed by atoms with Gasteiger partial charge in [-0.3, -0.25) is 4.79 Å². The van der Waals surface area contributed by atoms with Gasteiger partial charge in [0.05, 0.1) is 5.25 Å². The van der Waals surface area contributed by atoms with Gasteiger partial charge in [-0.2, -0.15) is 0 Å². The number of amides is 1. The highest BCUT2D eigenvalue weighted by Gasteiger charge is 2.22. The van der Waals surface area contributed by atoms with Crippen LogP contribution >= 0.6 is 11.8 Å². The molecule has 31 heavy (non-hydrogen) atoms. The fourth-order valence-corrected chi connectivity index (χ4v) is 3.41. The van der Waals surface area contributed by atoms with Crippen molar-refractivity contribution in [1.82, 2.24) is 10.2 Å². The van der Waals surface area contributed by atoms with Gasteiger partial charge in [0.25, 0.3) is 11.1 Å². The Morgan fingerprint density at radius 3 is 2.42 bits per heavy atom. The minimum atomic E-state index is -0.635. The zero-order valence-electron chi connectivity index (χ0n) is 18.2. The van der Waals surface area contributed by atoms with Crippen molar-refractivity contribution in [3.63, 3.8) is 0 Å². The number of rotatable bonds is 7. The number of nitrogens with one attached hydrogen (secondary N) is 1. The van der Waals surface area contributed by atoms with Gasteiger partial charge in [-0.15, -0.1) is 10.2 Å². The van der Waals surface area contributed by atoms with E-state index in [0.29, 0.717) is 0 Å². The van der Waals surface area contributed by atoms with Gasteiger partial charge in [0.15, 0.2) is 17.7 Å². The van der Waals surface area contributed by atoms with Gasteiger partial charge in [-0.05, 0) is 49.1 Å². The van der Waals surface area contributed by atoms with Crippen molar-refractivity contribution in [1.29, 1.82) is 0 Å². The second-order valence-corrected chi connectivity index (χ2v) is 9.47. The summed E-state index contributed by atoms with van der Waals surface area (Å²) in [4.78, 5) is 12.5. The lowest BCUT2D eigenvalue weighted by molar-refractivity contribution is -0.115. The summed E-state index contributed by atoms with van der Waals surface area (Å²) >= 11 is 1.14. The molecule has 0 spiro atoms. The number of halogens is 1. The predicted octanol–water partition coefficient (Wildman–Crippen LogP) is 5.77. The molecule has 0 bridgehead atoms. The fraction of sp³-hybridized carbons (Fsp3) is 0.348. The minimum Gasteiger partial charge on any atom is -0.478 e. The maximum absolute atomic E-state index is 13.8. The van der Waals surface area contributed by atoms with Crippen LogP contribution in [0.1, 0.15) is 52.2 Å². The number of carbonyl (C=O) groups excluding carboxylic acids is 1. The standard InChI is InChI=1S/C23H26FN3O3S/c1-14(29-19-9-7-6-8-18(19)24)21-26-27-22(30-21)31-15(2)20(28)25-17-12-10-16(11-13-17)23(3,4)5/h6-15H,1-5H3,(H,25,28). The van der Waals surface area contributed by atoms with Crippen molar-refractivity contribution >= 4 is 23.4 Å². The third-order valence-corrected chi connectivity index (χ3v) is 5.51. The molecule has 0 aliphatic heterocycles. The average Bonchev–Trinajstić information content (AvgIpc) is 3.18. The summed E-state index contributed by atoms with van der Waals surface area (Å²) in [5, 5.41) is 10.6. The number of hydrogen-bond donors (Lipinski definition) is 1. The molecule has 8 heteroatoms. The highest BCUT2D eigenvalue weighted by atomic mass is 32.2. The largest absolute Gasteiger partial charge is 0.478 e. The van der Waals surface area contributed by atoms with E-state index >= 15 is 0 Å². The van der Waals surface area contributed by atoms with Crippen LogP contribution in [0.5, 0.6) is 5.75 Å². The SMILES string of the molecule is CC(Sc1nnc(C(C)Oc2ccccc2F)o1)C(=O)Nc1ccc(C(C)(C)C)cc1. The number of carbonyl (C=O) groups is 1. The molecule has 0 saturated carbocycles. The Balaban J connectivity index is 1.57. The lowest BCUT2D eigenvalue weighted by atomic mass is 9.87. The number of para-hydroxylation sites is 1. The molecule has 1 amide bonds. The molecule has 164 valence electrons. The molecule has 2 unspecified atom stereocenters. The number of aromatic nitrogens is 2. The van der Waals surface area contributed by atoms with Gasteiger partial charge in [0, 0.05) is 5.69 Å². The van der Waals surface area contributed by atoms with E-state index in [0.717, 1.165) is 17.4 Å². The Hall–Kier alpha value is -2.87. The molecule has 1 aromatic heterocycles. The van der Waals surface area contributed by atoms with Crippen LogP contribution in [0.15, 0.2) is 58.2 Å². The number of thioether (sulfide) groups is 1. The van der Waals surface area contributed by atoms with Crippen molar-refractivity contribution in [3.05, 3.63) is 65.8 Å². The van der Waals surface area contributed by atoms with E-state index in [4.69, 9.17) is 9.15 Å². The van der Waals surface area contributed by atoms with E-state index in [9.17, 15) is 9.18 Å². The lowest BCUT2D eigenvalue weighted by Crippen LogP contribution is -2.22. The number of hydrogen-bond acceptors (Lipinski definition) is 6. The van der Waals surface area contributed by atoms with Crippen LogP contribution in [0.2, 0.25) is 0 Å². The quantitative estimate of drug-likeness (QED) is 0.468. The molecular weight excluding hydrogens is 417 g/mol. The van der Waals surface area contributed by atoms with Crippen molar-refractivity contribution in [2.24, 2.45) is 0 Å². The molecule has 0 aliphatic rings. The molecule has 3 rings (SSSR count). The Bertz CT molecular complexity index is 1030.